The summed E-state index contributed by atoms with van der Waals surface area (Å²) in [6.07, 6.45) is 4.28. The summed E-state index contributed by atoms with van der Waals surface area (Å²) in [6, 6.07) is 2.38. The van der Waals surface area contributed by atoms with Crippen molar-refractivity contribution in [3.05, 3.63) is 11.6 Å². The average molecular weight is 345 g/mol. The minimum atomic E-state index is 0.0859. The summed E-state index contributed by atoms with van der Waals surface area (Å²) in [5.41, 5.74) is 0.390. The van der Waals surface area contributed by atoms with Gasteiger partial charge in [-0.05, 0) is 26.2 Å². The fraction of sp³-hybridized carbons (Fsp3) is 0.722. The lowest BCUT2D eigenvalue weighted by atomic mass is 10.2. The van der Waals surface area contributed by atoms with Gasteiger partial charge in [-0.25, -0.2) is 4.98 Å². The third-order valence-electron chi connectivity index (χ3n) is 4.81. The van der Waals surface area contributed by atoms with Crippen LogP contribution in [0, 0.1) is 11.3 Å². The molecule has 1 aromatic rings. The number of nitriles is 1. The first-order chi connectivity index (χ1) is 12.1. The Morgan fingerprint density at radius 2 is 2.12 bits per heavy atom. The van der Waals surface area contributed by atoms with Crippen molar-refractivity contribution in [2.75, 3.05) is 37.6 Å². The van der Waals surface area contributed by atoms with Gasteiger partial charge in [0.1, 0.15) is 6.07 Å². The molecule has 1 aromatic heterocycles. The van der Waals surface area contributed by atoms with E-state index in [-0.39, 0.29) is 11.9 Å². The normalized spacial score (nSPS) is 19.5. The zero-order chi connectivity index (χ0) is 17.8. The smallest absolute Gasteiger partial charge is 0.234 e. The van der Waals surface area contributed by atoms with Crippen LogP contribution in [0.15, 0.2) is 4.42 Å². The van der Waals surface area contributed by atoms with Gasteiger partial charge >= 0.3 is 0 Å². The van der Waals surface area contributed by atoms with Crippen molar-refractivity contribution >= 4 is 11.8 Å². The minimum Gasteiger partial charge on any atom is -0.423 e. The molecule has 1 atom stereocenters. The zero-order valence-corrected chi connectivity index (χ0v) is 15.1. The number of hydrogen-bond acceptors (Lipinski definition) is 6. The maximum Gasteiger partial charge on any atom is 0.234 e. The number of hydrogen-bond donors (Lipinski definition) is 1. The maximum atomic E-state index is 12.1. The largest absolute Gasteiger partial charge is 0.423 e. The topological polar surface area (TPSA) is 85.4 Å². The Labute approximate surface area is 149 Å². The number of rotatable bonds is 7. The van der Waals surface area contributed by atoms with Gasteiger partial charge in [-0.15, -0.1) is 0 Å². The molecule has 25 heavy (non-hydrogen) atoms. The molecule has 7 nitrogen and oxygen atoms in total. The second-order valence-electron chi connectivity index (χ2n) is 7.11. The molecule has 1 N–H and O–H groups in total. The van der Waals surface area contributed by atoms with Gasteiger partial charge in [-0.3, -0.25) is 9.69 Å². The van der Waals surface area contributed by atoms with Gasteiger partial charge in [0.25, 0.3) is 0 Å². The van der Waals surface area contributed by atoms with Crippen LogP contribution in [0.1, 0.15) is 57.0 Å². The van der Waals surface area contributed by atoms with E-state index in [1.807, 2.05) is 6.92 Å². The lowest BCUT2D eigenvalue weighted by Crippen LogP contribution is -2.50. The monoisotopic (exact) mass is 345 g/mol. The number of amides is 1. The Hall–Kier alpha value is -2.07. The van der Waals surface area contributed by atoms with Gasteiger partial charge in [-0.1, -0.05) is 13.3 Å². The number of nitrogens with one attached hydrogen (secondary N) is 1. The van der Waals surface area contributed by atoms with Crippen LogP contribution in [0.2, 0.25) is 0 Å². The molecule has 1 saturated heterocycles. The van der Waals surface area contributed by atoms with E-state index in [9.17, 15) is 10.1 Å². The first kappa shape index (κ1) is 17.7. The molecule has 0 aromatic carbocycles. The van der Waals surface area contributed by atoms with Gasteiger partial charge in [0.2, 0.25) is 23.4 Å². The van der Waals surface area contributed by atoms with Crippen molar-refractivity contribution in [2.24, 2.45) is 0 Å². The quantitative estimate of drug-likeness (QED) is 0.812. The van der Waals surface area contributed by atoms with E-state index in [1.165, 1.54) is 0 Å². The van der Waals surface area contributed by atoms with Gasteiger partial charge in [-0.2, -0.15) is 5.26 Å². The van der Waals surface area contributed by atoms with Crippen LogP contribution in [0.3, 0.4) is 0 Å². The van der Waals surface area contributed by atoms with E-state index < -0.39 is 0 Å². The van der Waals surface area contributed by atoms with Crippen LogP contribution in [0.5, 0.6) is 0 Å². The van der Waals surface area contributed by atoms with E-state index in [2.05, 4.69) is 33.1 Å². The Morgan fingerprint density at radius 3 is 2.72 bits per heavy atom. The molecular weight excluding hydrogens is 318 g/mol. The fourth-order valence-corrected chi connectivity index (χ4v) is 3.26. The molecule has 1 saturated carbocycles. The summed E-state index contributed by atoms with van der Waals surface area (Å²) in [5, 5.41) is 12.3. The fourth-order valence-electron chi connectivity index (χ4n) is 3.26. The minimum absolute atomic E-state index is 0.0859. The molecule has 1 aliphatic heterocycles. The predicted molar refractivity (Wildman–Crippen MR) is 94.4 cm³/mol. The predicted octanol–water partition coefficient (Wildman–Crippen LogP) is 1.85. The van der Waals surface area contributed by atoms with Crippen LogP contribution < -0.4 is 10.2 Å². The van der Waals surface area contributed by atoms with E-state index >= 15 is 0 Å². The molecule has 3 rings (SSSR count). The highest BCUT2D eigenvalue weighted by Crippen LogP contribution is 2.41. The van der Waals surface area contributed by atoms with Crippen molar-refractivity contribution in [2.45, 2.75) is 51.5 Å². The Kier molecular flexibility index (Phi) is 5.59. The molecule has 1 unspecified atom stereocenters. The second kappa shape index (κ2) is 7.87. The summed E-state index contributed by atoms with van der Waals surface area (Å²) in [7, 11) is 0. The highest BCUT2D eigenvalue weighted by atomic mass is 16.4. The molecule has 136 valence electrons. The summed E-state index contributed by atoms with van der Waals surface area (Å²) >= 11 is 0. The Morgan fingerprint density at radius 1 is 1.40 bits per heavy atom. The maximum absolute atomic E-state index is 12.1. The van der Waals surface area contributed by atoms with Gasteiger partial charge in [0, 0.05) is 38.1 Å². The third kappa shape index (κ3) is 4.51. The highest BCUT2D eigenvalue weighted by molar-refractivity contribution is 5.78. The number of carbonyl (C=O) groups excluding carboxylic acids is 1. The van der Waals surface area contributed by atoms with E-state index in [0.717, 1.165) is 51.9 Å². The van der Waals surface area contributed by atoms with Crippen molar-refractivity contribution in [1.29, 1.82) is 5.26 Å². The van der Waals surface area contributed by atoms with Crippen molar-refractivity contribution in [3.8, 4) is 6.07 Å². The highest BCUT2D eigenvalue weighted by Gasteiger charge is 2.32. The summed E-state index contributed by atoms with van der Waals surface area (Å²) in [4.78, 5) is 20.7. The lowest BCUT2D eigenvalue weighted by molar-refractivity contribution is -0.123. The van der Waals surface area contributed by atoms with E-state index in [1.54, 1.807) is 0 Å². The SMILES string of the molecule is CCCC(C)NC(=O)CN1CCN(c2oc(C3CC3)nc2C#N)CC1. The third-order valence-corrected chi connectivity index (χ3v) is 4.81. The number of carbonyl (C=O) groups is 1. The molecule has 0 bridgehead atoms. The molecule has 2 heterocycles. The van der Waals surface area contributed by atoms with Crippen molar-refractivity contribution in [3.63, 3.8) is 0 Å². The van der Waals surface area contributed by atoms with Crippen LogP contribution in [0.25, 0.3) is 0 Å². The number of aromatic nitrogens is 1. The number of piperazine rings is 1. The van der Waals surface area contributed by atoms with E-state index in [4.69, 9.17) is 4.42 Å². The number of oxazole rings is 1. The number of nitrogens with zero attached hydrogens (tertiary/aromatic N) is 4. The molecule has 1 aliphatic carbocycles. The standard InChI is InChI=1S/C18H27N5O2/c1-3-4-13(2)20-16(24)12-22-7-9-23(10-8-22)18-15(11-19)21-17(25-18)14-5-6-14/h13-14H,3-10,12H2,1-2H3,(H,20,24). The lowest BCUT2D eigenvalue weighted by Gasteiger charge is -2.34. The summed E-state index contributed by atoms with van der Waals surface area (Å²) in [5.74, 6) is 1.79. The summed E-state index contributed by atoms with van der Waals surface area (Å²) < 4.78 is 5.86. The molecule has 2 aliphatic rings. The number of anilines is 1. The Balaban J connectivity index is 1.50. The molecule has 1 amide bonds. The van der Waals surface area contributed by atoms with Gasteiger partial charge in [0.05, 0.1) is 6.54 Å². The van der Waals surface area contributed by atoms with Crippen LogP contribution in [-0.2, 0) is 4.79 Å². The first-order valence-corrected chi connectivity index (χ1v) is 9.28. The van der Waals surface area contributed by atoms with Crippen molar-refractivity contribution in [1.82, 2.24) is 15.2 Å². The molecule has 0 radical (unpaired) electrons. The van der Waals surface area contributed by atoms with E-state index in [0.29, 0.717) is 29.9 Å². The molecular formula is C18H27N5O2. The van der Waals surface area contributed by atoms with Crippen LogP contribution >= 0.6 is 0 Å². The molecule has 2 fully saturated rings. The average Bonchev–Trinajstić information content (AvgIpc) is 3.35. The van der Waals surface area contributed by atoms with Gasteiger partial charge in [0.15, 0.2) is 0 Å². The van der Waals surface area contributed by atoms with Crippen LogP contribution in [-0.4, -0.2) is 54.6 Å². The van der Waals surface area contributed by atoms with Gasteiger partial charge < -0.3 is 14.6 Å². The molecule has 7 heteroatoms. The second-order valence-corrected chi connectivity index (χ2v) is 7.11. The van der Waals surface area contributed by atoms with Crippen LogP contribution in [0.4, 0.5) is 5.88 Å². The van der Waals surface area contributed by atoms with Crippen molar-refractivity contribution < 1.29 is 9.21 Å². The first-order valence-electron chi connectivity index (χ1n) is 9.28. The molecule has 0 spiro atoms. The Bertz CT molecular complexity index is 638. The zero-order valence-electron chi connectivity index (χ0n) is 15.1. The summed E-state index contributed by atoms with van der Waals surface area (Å²) in [6.45, 7) is 7.63.